The molecule has 0 aromatic heterocycles. The Morgan fingerprint density at radius 3 is 1.79 bits per heavy atom. The molecule has 0 saturated carbocycles. The van der Waals surface area contributed by atoms with Crippen molar-refractivity contribution in [2.45, 2.75) is 86.6 Å². The zero-order chi connectivity index (χ0) is 15.5. The molecule has 0 rings (SSSR count). The van der Waals surface area contributed by atoms with Crippen LogP contribution in [0.3, 0.4) is 0 Å². The van der Waals surface area contributed by atoms with E-state index in [1.54, 1.807) is 0 Å². The molecule has 19 heavy (non-hydrogen) atoms. The van der Waals surface area contributed by atoms with Crippen molar-refractivity contribution in [2.75, 3.05) is 7.05 Å². The average Bonchev–Trinajstić information content (AvgIpc) is 2.21. The van der Waals surface area contributed by atoms with Gasteiger partial charge in [-0.2, -0.15) is 0 Å². The molecular formula is C18H37N. The maximum atomic E-state index is 4.17. The van der Waals surface area contributed by atoms with Crippen molar-refractivity contribution in [3.8, 4) is 0 Å². The van der Waals surface area contributed by atoms with E-state index in [4.69, 9.17) is 0 Å². The van der Waals surface area contributed by atoms with Gasteiger partial charge in [0.1, 0.15) is 0 Å². The highest BCUT2D eigenvalue weighted by atomic mass is 15.2. The van der Waals surface area contributed by atoms with Crippen LogP contribution in [0.4, 0.5) is 0 Å². The fourth-order valence-electron chi connectivity index (χ4n) is 3.00. The summed E-state index contributed by atoms with van der Waals surface area (Å²) in [5, 5.41) is 0. The zero-order valence-electron chi connectivity index (χ0n) is 15.0. The maximum Gasteiger partial charge on any atom is 0.0339 e. The smallest absolute Gasteiger partial charge is 0.0339 e. The van der Waals surface area contributed by atoms with Gasteiger partial charge in [0, 0.05) is 18.3 Å². The summed E-state index contributed by atoms with van der Waals surface area (Å²) in [6, 6.07) is 0. The van der Waals surface area contributed by atoms with E-state index >= 15 is 0 Å². The summed E-state index contributed by atoms with van der Waals surface area (Å²) in [4.78, 5) is 2.36. The van der Waals surface area contributed by atoms with Gasteiger partial charge in [0.25, 0.3) is 0 Å². The van der Waals surface area contributed by atoms with E-state index in [1.807, 2.05) is 0 Å². The van der Waals surface area contributed by atoms with Crippen molar-refractivity contribution in [3.05, 3.63) is 12.3 Å². The lowest BCUT2D eigenvalue weighted by Gasteiger charge is -2.41. The van der Waals surface area contributed by atoms with E-state index in [0.717, 1.165) is 6.42 Å². The van der Waals surface area contributed by atoms with Crippen LogP contribution in [0, 0.1) is 10.8 Å². The highest BCUT2D eigenvalue weighted by Gasteiger charge is 2.30. The molecule has 1 heteroatoms. The van der Waals surface area contributed by atoms with Crippen LogP contribution in [0.5, 0.6) is 0 Å². The fourth-order valence-corrected chi connectivity index (χ4v) is 3.00. The first-order valence-corrected chi connectivity index (χ1v) is 7.72. The Labute approximate surface area is 122 Å². The zero-order valence-corrected chi connectivity index (χ0v) is 15.0. The highest BCUT2D eigenvalue weighted by molar-refractivity contribution is 4.98. The third kappa shape index (κ3) is 7.03. The van der Waals surface area contributed by atoms with E-state index in [-0.39, 0.29) is 5.54 Å². The largest absolute Gasteiger partial charge is 0.373 e. The standard InChI is InChI=1S/C18H37N/c1-11-15(2)19(10)18(8,9)13-12-17(6,7)14-16(3,4)5/h2,11-14H2,1,3-10H3. The lowest BCUT2D eigenvalue weighted by atomic mass is 9.72. The Balaban J connectivity index is 4.57. The van der Waals surface area contributed by atoms with Gasteiger partial charge >= 0.3 is 0 Å². The molecule has 0 spiro atoms. The summed E-state index contributed by atoms with van der Waals surface area (Å²) in [7, 11) is 2.18. The van der Waals surface area contributed by atoms with Crippen LogP contribution in [0.1, 0.15) is 81.1 Å². The van der Waals surface area contributed by atoms with Crippen LogP contribution in [0.25, 0.3) is 0 Å². The molecule has 0 N–H and O–H groups in total. The van der Waals surface area contributed by atoms with Crippen molar-refractivity contribution >= 4 is 0 Å². The number of nitrogens with zero attached hydrogens (tertiary/aromatic N) is 1. The van der Waals surface area contributed by atoms with E-state index in [2.05, 4.69) is 73.9 Å². The number of allylic oxidation sites excluding steroid dienone is 1. The summed E-state index contributed by atoms with van der Waals surface area (Å²) in [5.41, 5.74) is 2.25. The molecular weight excluding hydrogens is 230 g/mol. The Kier molecular flexibility index (Phi) is 6.17. The third-order valence-corrected chi connectivity index (χ3v) is 4.21. The van der Waals surface area contributed by atoms with Crippen molar-refractivity contribution in [3.63, 3.8) is 0 Å². The first-order chi connectivity index (χ1) is 8.31. The second-order valence-corrected chi connectivity index (χ2v) is 8.69. The number of hydrogen-bond acceptors (Lipinski definition) is 1. The van der Waals surface area contributed by atoms with Crippen molar-refractivity contribution in [2.24, 2.45) is 10.8 Å². The Bertz CT molecular complexity index is 291. The minimum atomic E-state index is 0.197. The molecule has 0 amide bonds. The number of hydrogen-bond donors (Lipinski definition) is 0. The van der Waals surface area contributed by atoms with E-state index in [1.165, 1.54) is 25.0 Å². The second kappa shape index (κ2) is 6.33. The lowest BCUT2D eigenvalue weighted by molar-refractivity contribution is 0.133. The maximum absolute atomic E-state index is 4.17. The van der Waals surface area contributed by atoms with Crippen LogP contribution in [0.2, 0.25) is 0 Å². The second-order valence-electron chi connectivity index (χ2n) is 8.69. The van der Waals surface area contributed by atoms with Gasteiger partial charge in [0.2, 0.25) is 0 Å². The minimum Gasteiger partial charge on any atom is -0.373 e. The van der Waals surface area contributed by atoms with E-state index in [9.17, 15) is 0 Å². The predicted octanol–water partition coefficient (Wildman–Crippen LogP) is 5.86. The molecule has 0 aromatic carbocycles. The molecule has 1 nitrogen and oxygen atoms in total. The lowest BCUT2D eigenvalue weighted by Crippen LogP contribution is -2.41. The van der Waals surface area contributed by atoms with Gasteiger partial charge in [-0.05, 0) is 50.4 Å². The van der Waals surface area contributed by atoms with Gasteiger partial charge in [0.15, 0.2) is 0 Å². The Morgan fingerprint density at radius 2 is 1.42 bits per heavy atom. The molecule has 0 atom stereocenters. The van der Waals surface area contributed by atoms with Crippen LogP contribution in [-0.2, 0) is 0 Å². The van der Waals surface area contributed by atoms with Gasteiger partial charge in [-0.1, -0.05) is 48.1 Å². The molecule has 0 aliphatic heterocycles. The summed E-state index contributed by atoms with van der Waals surface area (Å²) in [6.45, 7) is 22.8. The van der Waals surface area contributed by atoms with Gasteiger partial charge in [-0.15, -0.1) is 0 Å². The fraction of sp³-hybridized carbons (Fsp3) is 0.889. The van der Waals surface area contributed by atoms with Crippen molar-refractivity contribution in [1.29, 1.82) is 0 Å². The highest BCUT2D eigenvalue weighted by Crippen LogP contribution is 2.39. The van der Waals surface area contributed by atoms with Crippen LogP contribution in [-0.4, -0.2) is 17.5 Å². The molecule has 0 aromatic rings. The molecule has 0 aliphatic rings. The Morgan fingerprint density at radius 1 is 0.947 bits per heavy atom. The van der Waals surface area contributed by atoms with Crippen molar-refractivity contribution < 1.29 is 0 Å². The first-order valence-electron chi connectivity index (χ1n) is 7.72. The van der Waals surface area contributed by atoms with Gasteiger partial charge in [-0.25, -0.2) is 0 Å². The molecule has 0 heterocycles. The van der Waals surface area contributed by atoms with E-state index in [0.29, 0.717) is 10.8 Å². The summed E-state index contributed by atoms with van der Waals surface area (Å²) in [6.07, 6.45) is 4.78. The molecule has 0 saturated heterocycles. The summed E-state index contributed by atoms with van der Waals surface area (Å²) >= 11 is 0. The van der Waals surface area contributed by atoms with Crippen LogP contribution < -0.4 is 0 Å². The molecule has 0 fully saturated rings. The molecule has 114 valence electrons. The van der Waals surface area contributed by atoms with Gasteiger partial charge < -0.3 is 4.90 Å². The third-order valence-electron chi connectivity index (χ3n) is 4.21. The predicted molar refractivity (Wildman–Crippen MR) is 88.4 cm³/mol. The van der Waals surface area contributed by atoms with Gasteiger partial charge in [0.05, 0.1) is 0 Å². The van der Waals surface area contributed by atoms with Crippen LogP contribution in [0.15, 0.2) is 12.3 Å². The minimum absolute atomic E-state index is 0.197. The monoisotopic (exact) mass is 267 g/mol. The number of rotatable bonds is 7. The van der Waals surface area contributed by atoms with E-state index < -0.39 is 0 Å². The van der Waals surface area contributed by atoms with Crippen molar-refractivity contribution in [1.82, 2.24) is 4.90 Å². The summed E-state index contributed by atoms with van der Waals surface area (Å²) in [5.74, 6) is 0. The SMILES string of the molecule is C=C(CC)N(C)C(C)(C)CCC(C)(C)CC(C)(C)C. The first kappa shape index (κ1) is 18.5. The van der Waals surface area contributed by atoms with Crippen LogP contribution >= 0.6 is 0 Å². The average molecular weight is 268 g/mol. The molecule has 0 unspecified atom stereocenters. The normalized spacial score (nSPS) is 13.5. The molecule has 0 bridgehead atoms. The van der Waals surface area contributed by atoms with Gasteiger partial charge in [-0.3, -0.25) is 0 Å². The summed E-state index contributed by atoms with van der Waals surface area (Å²) < 4.78 is 0. The Hall–Kier alpha value is -0.460. The molecule has 0 aliphatic carbocycles. The topological polar surface area (TPSA) is 3.24 Å². The molecule has 0 radical (unpaired) electrons. The quantitative estimate of drug-likeness (QED) is 0.558.